The van der Waals surface area contributed by atoms with Crippen LogP contribution in [0.15, 0.2) is 66.9 Å². The van der Waals surface area contributed by atoms with Crippen LogP contribution in [-0.4, -0.2) is 17.1 Å². The zero-order chi connectivity index (χ0) is 17.7. The van der Waals surface area contributed by atoms with E-state index in [0.717, 1.165) is 44.2 Å². The standard InChI is InChI=1S/C22H15ClN2O/c1-26-14-7-9-20-17(11-14)22(16-8-6-13(23)10-21(16)25-20)18-12-24-19-5-3-2-4-15(18)19/h2-12,24H,1H3. The Bertz CT molecular complexity index is 1290. The van der Waals surface area contributed by atoms with Crippen molar-refractivity contribution in [3.8, 4) is 16.9 Å². The highest BCUT2D eigenvalue weighted by Crippen LogP contribution is 2.40. The summed E-state index contributed by atoms with van der Waals surface area (Å²) in [4.78, 5) is 8.19. The minimum atomic E-state index is 0.683. The zero-order valence-electron chi connectivity index (χ0n) is 14.1. The van der Waals surface area contributed by atoms with E-state index in [2.05, 4.69) is 29.4 Å². The van der Waals surface area contributed by atoms with Crippen molar-refractivity contribution in [3.63, 3.8) is 0 Å². The van der Waals surface area contributed by atoms with E-state index in [1.54, 1.807) is 7.11 Å². The van der Waals surface area contributed by atoms with Gasteiger partial charge >= 0.3 is 0 Å². The molecule has 0 bridgehead atoms. The first kappa shape index (κ1) is 15.2. The van der Waals surface area contributed by atoms with E-state index in [1.807, 2.05) is 42.5 Å². The second kappa shape index (κ2) is 5.75. The summed E-state index contributed by atoms with van der Waals surface area (Å²) in [5, 5.41) is 3.99. The number of hydrogen-bond donors (Lipinski definition) is 1. The van der Waals surface area contributed by atoms with Crippen molar-refractivity contribution in [2.45, 2.75) is 0 Å². The van der Waals surface area contributed by atoms with Crippen molar-refractivity contribution < 1.29 is 4.74 Å². The van der Waals surface area contributed by atoms with Crippen molar-refractivity contribution in [2.24, 2.45) is 0 Å². The minimum absolute atomic E-state index is 0.683. The molecule has 0 aliphatic rings. The lowest BCUT2D eigenvalue weighted by atomic mass is 9.95. The van der Waals surface area contributed by atoms with Gasteiger partial charge in [-0.3, -0.25) is 0 Å². The van der Waals surface area contributed by atoms with Gasteiger partial charge in [0.1, 0.15) is 5.75 Å². The maximum absolute atomic E-state index is 6.22. The van der Waals surface area contributed by atoms with E-state index in [1.165, 1.54) is 5.39 Å². The van der Waals surface area contributed by atoms with Gasteiger partial charge in [0.25, 0.3) is 0 Å². The molecular weight excluding hydrogens is 344 g/mol. The third kappa shape index (κ3) is 2.25. The van der Waals surface area contributed by atoms with Crippen molar-refractivity contribution in [1.82, 2.24) is 9.97 Å². The Hall–Kier alpha value is -3.04. The number of methoxy groups -OCH3 is 1. The summed E-state index contributed by atoms with van der Waals surface area (Å²) in [6.45, 7) is 0. The monoisotopic (exact) mass is 358 g/mol. The predicted octanol–water partition coefficient (Wildman–Crippen LogP) is 6.20. The molecule has 5 rings (SSSR count). The van der Waals surface area contributed by atoms with Crippen LogP contribution in [0.25, 0.3) is 43.8 Å². The van der Waals surface area contributed by atoms with Crippen molar-refractivity contribution >= 4 is 44.3 Å². The lowest BCUT2D eigenvalue weighted by Crippen LogP contribution is -1.90. The number of benzene rings is 3. The maximum atomic E-state index is 6.22. The first-order chi connectivity index (χ1) is 12.7. The molecule has 0 aliphatic carbocycles. The average molecular weight is 359 g/mol. The summed E-state index contributed by atoms with van der Waals surface area (Å²) in [7, 11) is 1.68. The van der Waals surface area contributed by atoms with E-state index in [-0.39, 0.29) is 0 Å². The van der Waals surface area contributed by atoms with Gasteiger partial charge in [-0.15, -0.1) is 0 Å². The molecule has 4 heteroatoms. The smallest absolute Gasteiger partial charge is 0.119 e. The van der Waals surface area contributed by atoms with Gasteiger partial charge in [-0.25, -0.2) is 4.98 Å². The fourth-order valence-electron chi connectivity index (χ4n) is 3.59. The number of H-pyrrole nitrogens is 1. The van der Waals surface area contributed by atoms with E-state index in [9.17, 15) is 0 Å². The molecule has 0 amide bonds. The van der Waals surface area contributed by atoms with Gasteiger partial charge in [-0.1, -0.05) is 35.9 Å². The highest BCUT2D eigenvalue weighted by atomic mass is 35.5. The molecule has 126 valence electrons. The highest BCUT2D eigenvalue weighted by molar-refractivity contribution is 6.31. The molecule has 0 saturated heterocycles. The molecule has 1 N–H and O–H groups in total. The molecule has 0 radical (unpaired) electrons. The van der Waals surface area contributed by atoms with Gasteiger partial charge in [0.2, 0.25) is 0 Å². The predicted molar refractivity (Wildman–Crippen MR) is 108 cm³/mol. The van der Waals surface area contributed by atoms with Crippen molar-refractivity contribution in [2.75, 3.05) is 7.11 Å². The van der Waals surface area contributed by atoms with Crippen LogP contribution in [0, 0.1) is 0 Å². The maximum Gasteiger partial charge on any atom is 0.119 e. The zero-order valence-corrected chi connectivity index (χ0v) is 14.8. The summed E-state index contributed by atoms with van der Waals surface area (Å²) in [6.07, 6.45) is 2.06. The average Bonchev–Trinajstić information content (AvgIpc) is 3.09. The van der Waals surface area contributed by atoms with Crippen LogP contribution in [0.1, 0.15) is 0 Å². The molecule has 0 aliphatic heterocycles. The van der Waals surface area contributed by atoms with Crippen LogP contribution in [0.4, 0.5) is 0 Å². The number of rotatable bonds is 2. The van der Waals surface area contributed by atoms with Crippen molar-refractivity contribution in [1.29, 1.82) is 0 Å². The summed E-state index contributed by atoms with van der Waals surface area (Å²) in [5.74, 6) is 0.814. The fourth-order valence-corrected chi connectivity index (χ4v) is 3.76. The Morgan fingerprint density at radius 1 is 0.885 bits per heavy atom. The number of nitrogens with zero attached hydrogens (tertiary/aromatic N) is 1. The number of hydrogen-bond acceptors (Lipinski definition) is 2. The molecule has 0 spiro atoms. The van der Waals surface area contributed by atoms with Crippen LogP contribution in [0.2, 0.25) is 5.02 Å². The molecule has 0 unspecified atom stereocenters. The molecule has 2 heterocycles. The van der Waals surface area contributed by atoms with Crippen LogP contribution >= 0.6 is 11.6 Å². The van der Waals surface area contributed by atoms with Gasteiger partial charge in [0, 0.05) is 44.0 Å². The number of nitrogens with one attached hydrogen (secondary N) is 1. The quantitative estimate of drug-likeness (QED) is 0.381. The Kier molecular flexibility index (Phi) is 3.37. The molecule has 2 aromatic heterocycles. The molecule has 0 saturated carbocycles. The third-order valence-corrected chi connectivity index (χ3v) is 5.04. The number of halogens is 1. The van der Waals surface area contributed by atoms with Gasteiger partial charge < -0.3 is 9.72 Å². The second-order valence-electron chi connectivity index (χ2n) is 6.28. The van der Waals surface area contributed by atoms with Gasteiger partial charge in [0.05, 0.1) is 18.1 Å². The number of ether oxygens (including phenoxy) is 1. The van der Waals surface area contributed by atoms with E-state index >= 15 is 0 Å². The number of pyridine rings is 1. The number of aromatic amines is 1. The summed E-state index contributed by atoms with van der Waals surface area (Å²) in [6, 6.07) is 20.2. The fraction of sp³-hybridized carbons (Fsp3) is 0.0455. The Morgan fingerprint density at radius 3 is 2.65 bits per heavy atom. The topological polar surface area (TPSA) is 37.9 Å². The molecule has 3 nitrogen and oxygen atoms in total. The summed E-state index contributed by atoms with van der Waals surface area (Å²) in [5.41, 5.74) is 5.19. The second-order valence-corrected chi connectivity index (χ2v) is 6.72. The van der Waals surface area contributed by atoms with Gasteiger partial charge in [0.15, 0.2) is 0 Å². The van der Waals surface area contributed by atoms with Crippen LogP contribution < -0.4 is 4.74 Å². The number of aromatic nitrogens is 2. The molecule has 26 heavy (non-hydrogen) atoms. The van der Waals surface area contributed by atoms with Crippen LogP contribution in [-0.2, 0) is 0 Å². The van der Waals surface area contributed by atoms with E-state index in [0.29, 0.717) is 5.02 Å². The van der Waals surface area contributed by atoms with Gasteiger partial charge in [-0.05, 0) is 36.4 Å². The first-order valence-electron chi connectivity index (χ1n) is 8.38. The van der Waals surface area contributed by atoms with Crippen LogP contribution in [0.3, 0.4) is 0 Å². The number of fused-ring (bicyclic) bond motifs is 3. The molecule has 5 aromatic rings. The Morgan fingerprint density at radius 2 is 1.77 bits per heavy atom. The summed E-state index contributed by atoms with van der Waals surface area (Å²) >= 11 is 6.22. The van der Waals surface area contributed by atoms with E-state index < -0.39 is 0 Å². The normalized spacial score (nSPS) is 11.5. The van der Waals surface area contributed by atoms with Crippen LogP contribution in [0.5, 0.6) is 5.75 Å². The molecule has 0 atom stereocenters. The number of para-hydroxylation sites is 1. The minimum Gasteiger partial charge on any atom is -0.497 e. The largest absolute Gasteiger partial charge is 0.497 e. The highest BCUT2D eigenvalue weighted by Gasteiger charge is 2.15. The third-order valence-electron chi connectivity index (χ3n) is 4.80. The molecular formula is C22H15ClN2O. The first-order valence-corrected chi connectivity index (χ1v) is 8.76. The lowest BCUT2D eigenvalue weighted by molar-refractivity contribution is 0.415. The molecule has 0 fully saturated rings. The van der Waals surface area contributed by atoms with Gasteiger partial charge in [-0.2, -0.15) is 0 Å². The molecule has 3 aromatic carbocycles. The Labute approximate surface area is 155 Å². The van der Waals surface area contributed by atoms with E-state index in [4.69, 9.17) is 21.3 Å². The SMILES string of the molecule is COc1ccc2nc3cc(Cl)ccc3c(-c3c[nH]c4ccccc34)c2c1. The Balaban J connectivity index is 1.99. The summed E-state index contributed by atoms with van der Waals surface area (Å²) < 4.78 is 5.46. The van der Waals surface area contributed by atoms with Crippen molar-refractivity contribution in [3.05, 3.63) is 71.9 Å². The lowest BCUT2D eigenvalue weighted by Gasteiger charge is -2.12.